The van der Waals surface area contributed by atoms with Crippen LogP contribution in [0, 0.1) is 19.8 Å². The van der Waals surface area contributed by atoms with E-state index < -0.39 is 0 Å². The number of pyridine rings is 1. The molecule has 0 aromatic carbocycles. The number of aliphatic hydroxyl groups is 1. The first-order valence-corrected chi connectivity index (χ1v) is 8.27. The van der Waals surface area contributed by atoms with Crippen LogP contribution in [0.2, 0.25) is 0 Å². The Kier molecular flexibility index (Phi) is 5.35. The van der Waals surface area contributed by atoms with Crippen molar-refractivity contribution in [1.82, 2.24) is 25.0 Å². The standard InChI is InChI=1S/C18H22N6O/c1-13-9-14(2)24(23-13)18-7-6-17(21-22-18)20-11-15(12-25)10-16-5-3-4-8-19-16/h3-9,15,25H,10-12H2,1-2H3,(H,20,21). The number of aryl methyl sites for hydroxylation is 2. The van der Waals surface area contributed by atoms with Crippen molar-refractivity contribution in [1.29, 1.82) is 0 Å². The molecule has 0 saturated carbocycles. The van der Waals surface area contributed by atoms with Gasteiger partial charge in [-0.25, -0.2) is 4.68 Å². The molecule has 0 saturated heterocycles. The van der Waals surface area contributed by atoms with Crippen LogP contribution in [0.25, 0.3) is 5.82 Å². The summed E-state index contributed by atoms with van der Waals surface area (Å²) in [7, 11) is 0. The van der Waals surface area contributed by atoms with Gasteiger partial charge in [0.1, 0.15) is 5.82 Å². The molecular formula is C18H22N6O. The highest BCUT2D eigenvalue weighted by Crippen LogP contribution is 2.12. The molecule has 7 heteroatoms. The average Bonchev–Trinajstić information content (AvgIpc) is 2.98. The summed E-state index contributed by atoms with van der Waals surface area (Å²) in [5.41, 5.74) is 2.93. The third kappa shape index (κ3) is 4.39. The minimum atomic E-state index is 0.0624. The number of hydrogen-bond donors (Lipinski definition) is 2. The minimum absolute atomic E-state index is 0.0624. The van der Waals surface area contributed by atoms with Crippen LogP contribution in [-0.4, -0.2) is 43.2 Å². The van der Waals surface area contributed by atoms with Crippen LogP contribution in [0.5, 0.6) is 0 Å². The Labute approximate surface area is 146 Å². The molecule has 0 spiro atoms. The van der Waals surface area contributed by atoms with Gasteiger partial charge in [0.2, 0.25) is 0 Å². The quantitative estimate of drug-likeness (QED) is 0.684. The maximum Gasteiger partial charge on any atom is 0.176 e. The maximum absolute atomic E-state index is 9.58. The summed E-state index contributed by atoms with van der Waals surface area (Å²) in [5.74, 6) is 1.42. The molecule has 3 rings (SSSR count). The van der Waals surface area contributed by atoms with Crippen molar-refractivity contribution < 1.29 is 5.11 Å². The molecule has 0 aliphatic heterocycles. The van der Waals surface area contributed by atoms with Crippen molar-refractivity contribution in [2.24, 2.45) is 5.92 Å². The first-order chi connectivity index (χ1) is 12.2. The Morgan fingerprint density at radius 2 is 2.04 bits per heavy atom. The van der Waals surface area contributed by atoms with Crippen LogP contribution in [-0.2, 0) is 6.42 Å². The van der Waals surface area contributed by atoms with Gasteiger partial charge in [-0.15, -0.1) is 10.2 Å². The SMILES string of the molecule is Cc1cc(C)n(-c2ccc(NCC(CO)Cc3ccccn3)nn2)n1. The summed E-state index contributed by atoms with van der Waals surface area (Å²) in [4.78, 5) is 4.30. The predicted molar refractivity (Wildman–Crippen MR) is 95.6 cm³/mol. The van der Waals surface area contributed by atoms with Crippen molar-refractivity contribution in [3.63, 3.8) is 0 Å². The molecule has 7 nitrogen and oxygen atoms in total. The van der Waals surface area contributed by atoms with E-state index in [1.807, 2.05) is 50.2 Å². The van der Waals surface area contributed by atoms with E-state index in [0.717, 1.165) is 17.1 Å². The summed E-state index contributed by atoms with van der Waals surface area (Å²) in [6.45, 7) is 4.61. The second-order valence-electron chi connectivity index (χ2n) is 6.07. The lowest BCUT2D eigenvalue weighted by atomic mass is 10.0. The zero-order chi connectivity index (χ0) is 17.6. The van der Waals surface area contributed by atoms with Gasteiger partial charge in [-0.1, -0.05) is 6.07 Å². The Bertz CT molecular complexity index is 800. The summed E-state index contributed by atoms with van der Waals surface area (Å²) in [5, 5.41) is 25.6. The third-order valence-corrected chi connectivity index (χ3v) is 3.93. The van der Waals surface area contributed by atoms with Crippen molar-refractivity contribution in [3.8, 4) is 5.82 Å². The van der Waals surface area contributed by atoms with Gasteiger partial charge in [0, 0.05) is 36.7 Å². The van der Waals surface area contributed by atoms with Crippen LogP contribution < -0.4 is 5.32 Å². The fourth-order valence-corrected chi connectivity index (χ4v) is 2.66. The van der Waals surface area contributed by atoms with Gasteiger partial charge in [0.05, 0.1) is 5.69 Å². The Morgan fingerprint density at radius 3 is 2.64 bits per heavy atom. The second kappa shape index (κ2) is 7.85. The molecule has 0 amide bonds. The number of anilines is 1. The highest BCUT2D eigenvalue weighted by Gasteiger charge is 2.10. The lowest BCUT2D eigenvalue weighted by molar-refractivity contribution is 0.232. The molecule has 1 unspecified atom stereocenters. The number of nitrogens with zero attached hydrogens (tertiary/aromatic N) is 5. The molecule has 0 bridgehead atoms. The van der Waals surface area contributed by atoms with Gasteiger partial charge < -0.3 is 10.4 Å². The lowest BCUT2D eigenvalue weighted by Crippen LogP contribution is -2.21. The van der Waals surface area contributed by atoms with E-state index in [2.05, 4.69) is 25.6 Å². The molecule has 25 heavy (non-hydrogen) atoms. The van der Waals surface area contributed by atoms with E-state index in [9.17, 15) is 5.11 Å². The van der Waals surface area contributed by atoms with Gasteiger partial charge in [0.25, 0.3) is 0 Å². The average molecular weight is 338 g/mol. The van der Waals surface area contributed by atoms with Crippen molar-refractivity contribution >= 4 is 5.82 Å². The normalized spacial score (nSPS) is 12.1. The van der Waals surface area contributed by atoms with E-state index >= 15 is 0 Å². The Hall–Kier alpha value is -2.80. The zero-order valence-corrected chi connectivity index (χ0v) is 14.4. The predicted octanol–water partition coefficient (Wildman–Crippen LogP) is 1.94. The van der Waals surface area contributed by atoms with Crippen molar-refractivity contribution in [2.45, 2.75) is 20.3 Å². The van der Waals surface area contributed by atoms with E-state index in [4.69, 9.17) is 0 Å². The van der Waals surface area contributed by atoms with Gasteiger partial charge in [-0.05, 0) is 50.6 Å². The summed E-state index contributed by atoms with van der Waals surface area (Å²) < 4.78 is 1.77. The number of rotatable bonds is 7. The van der Waals surface area contributed by atoms with E-state index in [1.165, 1.54) is 0 Å². The molecule has 3 aromatic rings. The van der Waals surface area contributed by atoms with Gasteiger partial charge >= 0.3 is 0 Å². The second-order valence-corrected chi connectivity index (χ2v) is 6.07. The molecule has 3 aromatic heterocycles. The number of hydrogen-bond acceptors (Lipinski definition) is 6. The Balaban J connectivity index is 1.60. The molecule has 0 aliphatic carbocycles. The zero-order valence-electron chi connectivity index (χ0n) is 14.4. The molecule has 130 valence electrons. The monoisotopic (exact) mass is 338 g/mol. The molecule has 3 heterocycles. The molecular weight excluding hydrogens is 316 g/mol. The summed E-state index contributed by atoms with van der Waals surface area (Å²) >= 11 is 0. The highest BCUT2D eigenvalue weighted by atomic mass is 16.3. The summed E-state index contributed by atoms with van der Waals surface area (Å²) in [6.07, 6.45) is 2.47. The molecule has 2 N–H and O–H groups in total. The third-order valence-electron chi connectivity index (χ3n) is 3.93. The van der Waals surface area contributed by atoms with Gasteiger partial charge in [0.15, 0.2) is 5.82 Å². The largest absolute Gasteiger partial charge is 0.396 e. The summed E-state index contributed by atoms with van der Waals surface area (Å²) in [6, 6.07) is 11.5. The first kappa shape index (κ1) is 17.0. The number of aliphatic hydroxyl groups excluding tert-OH is 1. The maximum atomic E-state index is 9.58. The fraction of sp³-hybridized carbons (Fsp3) is 0.333. The van der Waals surface area contributed by atoms with Gasteiger partial charge in [-0.2, -0.15) is 5.10 Å². The number of aromatic nitrogens is 5. The Morgan fingerprint density at radius 1 is 1.16 bits per heavy atom. The van der Waals surface area contributed by atoms with Crippen LogP contribution in [0.3, 0.4) is 0 Å². The van der Waals surface area contributed by atoms with Crippen LogP contribution >= 0.6 is 0 Å². The topological polar surface area (TPSA) is 88.8 Å². The van der Waals surface area contributed by atoms with Crippen molar-refractivity contribution in [2.75, 3.05) is 18.5 Å². The molecule has 1 atom stereocenters. The first-order valence-electron chi connectivity index (χ1n) is 8.27. The molecule has 0 aliphatic rings. The van der Waals surface area contributed by atoms with Crippen LogP contribution in [0.15, 0.2) is 42.6 Å². The van der Waals surface area contributed by atoms with Crippen LogP contribution in [0.4, 0.5) is 5.82 Å². The number of nitrogens with one attached hydrogen (secondary N) is 1. The van der Waals surface area contributed by atoms with E-state index in [-0.39, 0.29) is 12.5 Å². The smallest absolute Gasteiger partial charge is 0.176 e. The van der Waals surface area contributed by atoms with E-state index in [0.29, 0.717) is 24.6 Å². The molecule has 0 fully saturated rings. The van der Waals surface area contributed by atoms with Crippen LogP contribution in [0.1, 0.15) is 17.1 Å². The van der Waals surface area contributed by atoms with Crippen molar-refractivity contribution in [3.05, 3.63) is 59.7 Å². The lowest BCUT2D eigenvalue weighted by Gasteiger charge is -2.15. The minimum Gasteiger partial charge on any atom is -0.396 e. The van der Waals surface area contributed by atoms with Gasteiger partial charge in [-0.3, -0.25) is 4.98 Å². The fourth-order valence-electron chi connectivity index (χ4n) is 2.66. The van der Waals surface area contributed by atoms with E-state index in [1.54, 1.807) is 10.9 Å². The highest BCUT2D eigenvalue weighted by molar-refractivity contribution is 5.37. The molecule has 0 radical (unpaired) electrons.